The zero-order valence-corrected chi connectivity index (χ0v) is 15.0. The summed E-state index contributed by atoms with van der Waals surface area (Å²) in [6, 6.07) is 10.3. The summed E-state index contributed by atoms with van der Waals surface area (Å²) in [6.45, 7) is 1.63. The molecule has 0 N–H and O–H groups in total. The molecule has 3 aromatic rings. The molecule has 3 nitrogen and oxygen atoms in total. The van der Waals surface area contributed by atoms with Crippen LogP contribution in [-0.4, -0.2) is 28.1 Å². The third kappa shape index (κ3) is 3.29. The highest BCUT2D eigenvalue weighted by atomic mass is 32.2. The van der Waals surface area contributed by atoms with Crippen LogP contribution < -0.4 is 0 Å². The van der Waals surface area contributed by atoms with Crippen LogP contribution in [0.2, 0.25) is 0 Å². The molecule has 3 heterocycles. The van der Waals surface area contributed by atoms with E-state index in [0.29, 0.717) is 5.75 Å². The van der Waals surface area contributed by atoms with Gasteiger partial charge in [-0.25, -0.2) is 4.98 Å². The summed E-state index contributed by atoms with van der Waals surface area (Å²) in [4.78, 5) is 20.4. The first kappa shape index (κ1) is 15.2. The molecule has 0 saturated carbocycles. The van der Waals surface area contributed by atoms with Crippen LogP contribution in [0, 0.1) is 0 Å². The summed E-state index contributed by atoms with van der Waals surface area (Å²) < 4.78 is 1.22. The normalized spacial score (nSPS) is 14.2. The van der Waals surface area contributed by atoms with Crippen molar-refractivity contribution in [2.75, 3.05) is 12.3 Å². The molecule has 4 rings (SSSR count). The fraction of sp³-hybridized carbons (Fsp3) is 0.294. The summed E-state index contributed by atoms with van der Waals surface area (Å²) in [5.41, 5.74) is 2.38. The smallest absolute Gasteiger partial charge is 0.232 e. The summed E-state index contributed by atoms with van der Waals surface area (Å²) in [5.74, 6) is 1.59. The van der Waals surface area contributed by atoms with Crippen molar-refractivity contribution < 1.29 is 4.79 Å². The number of rotatable bonds is 4. The molecule has 6 heteroatoms. The van der Waals surface area contributed by atoms with Crippen LogP contribution in [-0.2, 0) is 23.5 Å². The quantitative estimate of drug-likeness (QED) is 0.700. The maximum Gasteiger partial charge on any atom is 0.232 e. The second-order valence-electron chi connectivity index (χ2n) is 5.50. The lowest BCUT2D eigenvalue weighted by atomic mass is 10.1. The van der Waals surface area contributed by atoms with Crippen LogP contribution in [0.4, 0.5) is 0 Å². The van der Waals surface area contributed by atoms with Gasteiger partial charge in [0.2, 0.25) is 5.91 Å². The molecule has 0 saturated heterocycles. The van der Waals surface area contributed by atoms with E-state index in [2.05, 4.69) is 22.5 Å². The molecular weight excluding hydrogens is 344 g/mol. The summed E-state index contributed by atoms with van der Waals surface area (Å²) in [7, 11) is 0. The molecule has 0 unspecified atom stereocenters. The van der Waals surface area contributed by atoms with Crippen LogP contribution in [0.3, 0.4) is 0 Å². The van der Waals surface area contributed by atoms with Gasteiger partial charge in [-0.15, -0.1) is 34.4 Å². The molecular formula is C17H16N2OS3. The minimum Gasteiger partial charge on any atom is -0.337 e. The number of thiazole rings is 1. The van der Waals surface area contributed by atoms with Crippen molar-refractivity contribution in [2.45, 2.75) is 18.7 Å². The van der Waals surface area contributed by atoms with E-state index in [1.165, 1.54) is 15.1 Å². The Bertz CT molecular complexity index is 806. The summed E-state index contributed by atoms with van der Waals surface area (Å²) in [5, 5.41) is 3.23. The molecule has 0 spiro atoms. The first-order valence-electron chi connectivity index (χ1n) is 7.55. The van der Waals surface area contributed by atoms with Gasteiger partial charge >= 0.3 is 0 Å². The predicted molar refractivity (Wildman–Crippen MR) is 99.2 cm³/mol. The van der Waals surface area contributed by atoms with E-state index in [4.69, 9.17) is 0 Å². The zero-order chi connectivity index (χ0) is 15.6. The number of hydrogen-bond donors (Lipinski definition) is 0. The van der Waals surface area contributed by atoms with Crippen LogP contribution in [0.1, 0.15) is 15.4 Å². The van der Waals surface area contributed by atoms with Gasteiger partial charge in [-0.2, -0.15) is 0 Å². The fourth-order valence-electron chi connectivity index (χ4n) is 2.76. The number of carbonyl (C=O) groups is 1. The highest BCUT2D eigenvalue weighted by Gasteiger charge is 2.21. The first-order chi connectivity index (χ1) is 11.3. The number of para-hydroxylation sites is 1. The van der Waals surface area contributed by atoms with E-state index in [1.807, 2.05) is 23.1 Å². The van der Waals surface area contributed by atoms with Gasteiger partial charge in [0.1, 0.15) is 5.01 Å². The van der Waals surface area contributed by atoms with Gasteiger partial charge < -0.3 is 4.90 Å². The van der Waals surface area contributed by atoms with Gasteiger partial charge in [0.05, 0.1) is 16.0 Å². The molecule has 2 aromatic heterocycles. The molecule has 1 aliphatic rings. The van der Waals surface area contributed by atoms with Crippen LogP contribution in [0.15, 0.2) is 35.7 Å². The standard InChI is InChI=1S/C17H16N2OS3/c20-17(19-7-5-14-12(9-19)6-8-22-14)11-21-10-16-18-13-3-1-2-4-15(13)23-16/h1-4,6,8H,5,7,9-11H2. The third-order valence-electron chi connectivity index (χ3n) is 3.95. The van der Waals surface area contributed by atoms with Crippen LogP contribution in [0.25, 0.3) is 10.2 Å². The Morgan fingerprint density at radius 3 is 3.13 bits per heavy atom. The van der Waals surface area contributed by atoms with Gasteiger partial charge in [0.25, 0.3) is 0 Å². The van der Waals surface area contributed by atoms with E-state index < -0.39 is 0 Å². The Kier molecular flexibility index (Phi) is 4.37. The van der Waals surface area contributed by atoms with Crippen LogP contribution in [0.5, 0.6) is 0 Å². The number of thioether (sulfide) groups is 1. The van der Waals surface area contributed by atoms with Gasteiger partial charge in [-0.3, -0.25) is 4.79 Å². The summed E-state index contributed by atoms with van der Waals surface area (Å²) in [6.07, 6.45) is 1.00. The Balaban J connectivity index is 1.32. The minimum atomic E-state index is 0.243. The molecule has 118 valence electrons. The van der Waals surface area contributed by atoms with Crippen molar-refractivity contribution >= 4 is 50.6 Å². The molecule has 1 aromatic carbocycles. The van der Waals surface area contributed by atoms with Crippen molar-refractivity contribution in [3.63, 3.8) is 0 Å². The second-order valence-corrected chi connectivity index (χ2v) is 8.60. The average Bonchev–Trinajstić information content (AvgIpc) is 3.19. The number of hydrogen-bond acceptors (Lipinski definition) is 5. The predicted octanol–water partition coefficient (Wildman–Crippen LogP) is 4.18. The van der Waals surface area contributed by atoms with Crippen molar-refractivity contribution in [1.29, 1.82) is 0 Å². The number of nitrogens with zero attached hydrogens (tertiary/aromatic N) is 2. The molecule has 0 aliphatic carbocycles. The second kappa shape index (κ2) is 6.63. The molecule has 1 aliphatic heterocycles. The molecule has 0 bridgehead atoms. The van der Waals surface area contributed by atoms with Crippen LogP contribution >= 0.6 is 34.4 Å². The Morgan fingerprint density at radius 1 is 1.30 bits per heavy atom. The fourth-order valence-corrected chi connectivity index (χ4v) is 5.60. The number of fused-ring (bicyclic) bond motifs is 2. The number of amides is 1. The van der Waals surface area contributed by atoms with Gasteiger partial charge in [-0.1, -0.05) is 12.1 Å². The molecule has 0 fully saturated rings. The van der Waals surface area contributed by atoms with E-state index in [1.54, 1.807) is 34.4 Å². The number of thiophene rings is 1. The van der Waals surface area contributed by atoms with E-state index in [9.17, 15) is 4.79 Å². The van der Waals surface area contributed by atoms with Crippen molar-refractivity contribution in [3.05, 3.63) is 51.2 Å². The Morgan fingerprint density at radius 2 is 2.22 bits per heavy atom. The molecule has 1 amide bonds. The molecule has 0 atom stereocenters. The lowest BCUT2D eigenvalue weighted by Crippen LogP contribution is -2.36. The topological polar surface area (TPSA) is 33.2 Å². The monoisotopic (exact) mass is 360 g/mol. The maximum absolute atomic E-state index is 12.4. The lowest BCUT2D eigenvalue weighted by molar-refractivity contribution is -0.129. The van der Waals surface area contributed by atoms with Gasteiger partial charge in [-0.05, 0) is 35.6 Å². The van der Waals surface area contributed by atoms with E-state index in [-0.39, 0.29) is 5.91 Å². The minimum absolute atomic E-state index is 0.243. The van der Waals surface area contributed by atoms with Crippen molar-refractivity contribution in [3.8, 4) is 0 Å². The lowest BCUT2D eigenvalue weighted by Gasteiger charge is -2.26. The van der Waals surface area contributed by atoms with Gasteiger partial charge in [0, 0.05) is 23.7 Å². The first-order valence-corrected chi connectivity index (χ1v) is 10.4. The SMILES string of the molecule is O=C(CSCc1nc2ccccc2s1)N1CCc2sccc2C1. The molecule has 23 heavy (non-hydrogen) atoms. The van der Waals surface area contributed by atoms with Crippen molar-refractivity contribution in [1.82, 2.24) is 9.88 Å². The molecule has 0 radical (unpaired) electrons. The maximum atomic E-state index is 12.4. The average molecular weight is 361 g/mol. The number of benzene rings is 1. The highest BCUT2D eigenvalue weighted by molar-refractivity contribution is 7.99. The van der Waals surface area contributed by atoms with Crippen molar-refractivity contribution in [2.24, 2.45) is 0 Å². The van der Waals surface area contributed by atoms with Gasteiger partial charge in [0.15, 0.2) is 0 Å². The zero-order valence-electron chi connectivity index (χ0n) is 12.5. The Hall–Kier alpha value is -1.37. The van der Waals surface area contributed by atoms with E-state index in [0.717, 1.165) is 35.8 Å². The number of carbonyl (C=O) groups excluding carboxylic acids is 1. The summed E-state index contributed by atoms with van der Waals surface area (Å²) >= 11 is 5.19. The Labute approximate surface area is 147 Å². The largest absolute Gasteiger partial charge is 0.337 e. The highest BCUT2D eigenvalue weighted by Crippen LogP contribution is 2.26. The number of aromatic nitrogens is 1. The van der Waals surface area contributed by atoms with E-state index >= 15 is 0 Å². The third-order valence-corrected chi connectivity index (χ3v) is 7.12.